The molecule has 0 fully saturated rings. The number of benzene rings is 2. The van der Waals surface area contributed by atoms with E-state index in [1.54, 1.807) is 18.2 Å². The maximum Gasteiger partial charge on any atom is 0.271 e. The van der Waals surface area contributed by atoms with Crippen molar-refractivity contribution in [3.05, 3.63) is 68.9 Å². The number of rotatable bonds is 6. The van der Waals surface area contributed by atoms with Gasteiger partial charge in [0.05, 0.1) is 4.92 Å². The zero-order valence-corrected chi connectivity index (χ0v) is 14.8. The predicted octanol–water partition coefficient (Wildman–Crippen LogP) is 3.42. The molecule has 1 heterocycles. The van der Waals surface area contributed by atoms with E-state index in [-0.39, 0.29) is 17.1 Å². The molecule has 3 aromatic rings. The Balaban J connectivity index is 1.98. The third kappa shape index (κ3) is 3.84. The lowest BCUT2D eigenvalue weighted by Gasteiger charge is -2.08. The summed E-state index contributed by atoms with van der Waals surface area (Å²) in [6.45, 7) is 0. The number of nitro groups is 1. The molecule has 0 bridgehead atoms. The minimum atomic E-state index is -0.770. The third-order valence-electron chi connectivity index (χ3n) is 3.52. The highest BCUT2D eigenvalue weighted by molar-refractivity contribution is 7.98. The molecule has 26 heavy (non-hydrogen) atoms. The number of aromatic nitrogens is 3. The Morgan fingerprint density at radius 3 is 2.62 bits per heavy atom. The van der Waals surface area contributed by atoms with Gasteiger partial charge in [-0.05, 0) is 23.8 Å². The van der Waals surface area contributed by atoms with Gasteiger partial charge < -0.3 is 5.73 Å². The van der Waals surface area contributed by atoms with Crippen LogP contribution in [-0.4, -0.2) is 26.2 Å². The van der Waals surface area contributed by atoms with Crippen LogP contribution < -0.4 is 5.73 Å². The average molecular weight is 390 g/mol. The van der Waals surface area contributed by atoms with Crippen molar-refractivity contribution in [3.63, 3.8) is 0 Å². The van der Waals surface area contributed by atoms with Gasteiger partial charge in [0, 0.05) is 33.4 Å². The summed E-state index contributed by atoms with van der Waals surface area (Å²) in [4.78, 5) is 22.9. The lowest BCUT2D eigenvalue weighted by molar-refractivity contribution is -0.384. The van der Waals surface area contributed by atoms with E-state index >= 15 is 0 Å². The molecule has 3 rings (SSSR count). The van der Waals surface area contributed by atoms with E-state index in [0.717, 1.165) is 5.56 Å². The summed E-state index contributed by atoms with van der Waals surface area (Å²) < 4.78 is 0. The number of non-ortho nitro benzene ring substituents is 1. The molecular formula is C16H12ClN5O3S. The fourth-order valence-electron chi connectivity index (χ4n) is 2.27. The van der Waals surface area contributed by atoms with Gasteiger partial charge in [0.2, 0.25) is 0 Å². The van der Waals surface area contributed by atoms with Crippen LogP contribution in [0.2, 0.25) is 5.02 Å². The molecule has 3 N–H and O–H groups in total. The second kappa shape index (κ2) is 7.54. The number of hydrogen-bond donors (Lipinski definition) is 2. The van der Waals surface area contributed by atoms with Crippen LogP contribution in [0.3, 0.4) is 0 Å². The van der Waals surface area contributed by atoms with Crippen LogP contribution in [0, 0.1) is 10.1 Å². The van der Waals surface area contributed by atoms with Crippen molar-refractivity contribution in [2.24, 2.45) is 5.73 Å². The number of amides is 1. The molecule has 0 radical (unpaired) electrons. The molecule has 1 aromatic heterocycles. The number of nitrogens with one attached hydrogen (secondary N) is 1. The largest absolute Gasteiger partial charge is 0.364 e. The molecule has 0 aliphatic heterocycles. The van der Waals surface area contributed by atoms with E-state index in [1.165, 1.54) is 23.9 Å². The molecule has 0 aliphatic carbocycles. The molecule has 1 amide bonds. The van der Waals surface area contributed by atoms with Gasteiger partial charge in [-0.25, -0.2) is 0 Å². The van der Waals surface area contributed by atoms with Crippen molar-refractivity contribution in [3.8, 4) is 11.3 Å². The summed E-state index contributed by atoms with van der Waals surface area (Å²) >= 11 is 7.33. The second-order valence-corrected chi connectivity index (χ2v) is 6.69. The standard InChI is InChI=1S/C16H12ClN5O3S/c17-10-3-1-9(2-4-10)8-26-13-6-5-11(22(24)25)7-12(13)14-15(16(18)23)20-21-19-14/h1-7H,8H2,(H2,18,23)(H,19,20,21). The van der Waals surface area contributed by atoms with Crippen molar-refractivity contribution in [1.29, 1.82) is 0 Å². The minimum absolute atomic E-state index is 0.0705. The number of primary amides is 1. The molecule has 0 atom stereocenters. The number of halogens is 1. The molecule has 0 spiro atoms. The van der Waals surface area contributed by atoms with E-state index in [4.69, 9.17) is 17.3 Å². The summed E-state index contributed by atoms with van der Waals surface area (Å²) in [5, 5.41) is 21.8. The normalized spacial score (nSPS) is 10.7. The molecule has 0 saturated carbocycles. The highest BCUT2D eigenvalue weighted by Crippen LogP contribution is 2.36. The number of carbonyl (C=O) groups is 1. The van der Waals surface area contributed by atoms with Gasteiger partial charge in [0.15, 0.2) is 5.69 Å². The van der Waals surface area contributed by atoms with Crippen LogP contribution in [0.5, 0.6) is 0 Å². The van der Waals surface area contributed by atoms with Gasteiger partial charge in [0.1, 0.15) is 5.69 Å². The first-order valence-corrected chi connectivity index (χ1v) is 8.68. The van der Waals surface area contributed by atoms with E-state index < -0.39 is 10.8 Å². The topological polar surface area (TPSA) is 128 Å². The van der Waals surface area contributed by atoms with Crippen LogP contribution >= 0.6 is 23.4 Å². The average Bonchev–Trinajstić information content (AvgIpc) is 3.11. The predicted molar refractivity (Wildman–Crippen MR) is 98.0 cm³/mol. The van der Waals surface area contributed by atoms with E-state index in [0.29, 0.717) is 21.2 Å². The number of aromatic amines is 1. The summed E-state index contributed by atoms with van der Waals surface area (Å²) in [7, 11) is 0. The van der Waals surface area contributed by atoms with E-state index in [1.807, 2.05) is 12.1 Å². The maximum absolute atomic E-state index is 11.5. The van der Waals surface area contributed by atoms with E-state index in [2.05, 4.69) is 15.4 Å². The van der Waals surface area contributed by atoms with Gasteiger partial charge in [-0.1, -0.05) is 23.7 Å². The van der Waals surface area contributed by atoms with Gasteiger partial charge in [-0.3, -0.25) is 14.9 Å². The lowest BCUT2D eigenvalue weighted by Crippen LogP contribution is -2.13. The SMILES string of the molecule is NC(=O)c1n[nH]nc1-c1cc([N+](=O)[O-])ccc1SCc1ccc(Cl)cc1. The van der Waals surface area contributed by atoms with Crippen molar-refractivity contribution in [2.75, 3.05) is 0 Å². The molecule has 2 aromatic carbocycles. The first kappa shape index (κ1) is 17.9. The maximum atomic E-state index is 11.5. The highest BCUT2D eigenvalue weighted by atomic mass is 35.5. The highest BCUT2D eigenvalue weighted by Gasteiger charge is 2.21. The Labute approximate surface area is 156 Å². The van der Waals surface area contributed by atoms with Crippen molar-refractivity contribution in [2.45, 2.75) is 10.6 Å². The quantitative estimate of drug-likeness (QED) is 0.377. The van der Waals surface area contributed by atoms with Crippen molar-refractivity contribution < 1.29 is 9.72 Å². The fourth-order valence-corrected chi connectivity index (χ4v) is 3.39. The minimum Gasteiger partial charge on any atom is -0.364 e. The smallest absolute Gasteiger partial charge is 0.271 e. The zero-order chi connectivity index (χ0) is 18.7. The molecule has 0 aliphatic rings. The summed E-state index contributed by atoms with van der Waals surface area (Å²) in [6.07, 6.45) is 0. The molecule has 10 heteroatoms. The molecule has 0 saturated heterocycles. The Morgan fingerprint density at radius 1 is 1.23 bits per heavy atom. The lowest BCUT2D eigenvalue weighted by atomic mass is 10.1. The number of hydrogen-bond acceptors (Lipinski definition) is 6. The van der Waals surface area contributed by atoms with Crippen LogP contribution in [0.25, 0.3) is 11.3 Å². The summed E-state index contributed by atoms with van der Waals surface area (Å²) in [6, 6.07) is 11.7. The van der Waals surface area contributed by atoms with Crippen LogP contribution in [-0.2, 0) is 5.75 Å². The van der Waals surface area contributed by atoms with Crippen LogP contribution in [0.1, 0.15) is 16.1 Å². The van der Waals surface area contributed by atoms with Gasteiger partial charge in [0.25, 0.3) is 11.6 Å². The summed E-state index contributed by atoms with van der Waals surface area (Å²) in [5.41, 5.74) is 6.75. The zero-order valence-electron chi connectivity index (χ0n) is 13.2. The first-order valence-electron chi connectivity index (χ1n) is 7.32. The van der Waals surface area contributed by atoms with Crippen molar-refractivity contribution in [1.82, 2.24) is 15.4 Å². The first-order chi connectivity index (χ1) is 12.5. The number of H-pyrrole nitrogens is 1. The number of nitro benzene ring substituents is 1. The monoisotopic (exact) mass is 389 g/mol. The fraction of sp³-hybridized carbons (Fsp3) is 0.0625. The molecule has 132 valence electrons. The van der Waals surface area contributed by atoms with Crippen LogP contribution in [0.4, 0.5) is 5.69 Å². The molecule has 8 nitrogen and oxygen atoms in total. The number of thioether (sulfide) groups is 1. The van der Waals surface area contributed by atoms with Gasteiger partial charge in [-0.2, -0.15) is 15.4 Å². The van der Waals surface area contributed by atoms with Crippen molar-refractivity contribution >= 4 is 35.0 Å². The molecular weight excluding hydrogens is 378 g/mol. The van der Waals surface area contributed by atoms with Gasteiger partial charge in [-0.15, -0.1) is 11.8 Å². The Kier molecular flexibility index (Phi) is 5.19. The summed E-state index contributed by atoms with van der Waals surface area (Å²) in [5.74, 6) is -0.167. The Hall–Kier alpha value is -2.91. The van der Waals surface area contributed by atoms with Gasteiger partial charge >= 0.3 is 0 Å². The number of nitrogens with two attached hydrogens (primary N) is 1. The Morgan fingerprint density at radius 2 is 1.96 bits per heavy atom. The molecule has 0 unspecified atom stereocenters. The number of nitrogens with zero attached hydrogens (tertiary/aromatic N) is 3. The number of carbonyl (C=O) groups excluding carboxylic acids is 1. The van der Waals surface area contributed by atoms with Crippen LogP contribution in [0.15, 0.2) is 47.4 Å². The third-order valence-corrected chi connectivity index (χ3v) is 4.91. The van der Waals surface area contributed by atoms with E-state index in [9.17, 15) is 14.9 Å². The second-order valence-electron chi connectivity index (χ2n) is 5.24. The Bertz CT molecular complexity index is 974.